The van der Waals surface area contributed by atoms with Gasteiger partial charge in [0.05, 0.1) is 14.2 Å². The zero-order valence-electron chi connectivity index (χ0n) is 17.7. The zero-order chi connectivity index (χ0) is 21.3. The van der Waals surface area contributed by atoms with Crippen molar-refractivity contribution in [1.82, 2.24) is 10.2 Å². The summed E-state index contributed by atoms with van der Waals surface area (Å²) < 4.78 is 10.7. The van der Waals surface area contributed by atoms with Gasteiger partial charge in [0.1, 0.15) is 11.5 Å². The summed E-state index contributed by atoms with van der Waals surface area (Å²) in [5.74, 6) is 1.50. The van der Waals surface area contributed by atoms with Crippen LogP contribution in [0.1, 0.15) is 11.1 Å². The van der Waals surface area contributed by atoms with Crippen LogP contribution in [0.25, 0.3) is 11.1 Å². The van der Waals surface area contributed by atoms with Crippen molar-refractivity contribution in [2.75, 3.05) is 27.8 Å². The second-order valence-corrected chi connectivity index (χ2v) is 7.04. The molecule has 0 aliphatic rings. The number of rotatable bonds is 8. The molecule has 156 valence electrons. The Balaban J connectivity index is 1.59. The van der Waals surface area contributed by atoms with Gasteiger partial charge >= 0.3 is 6.03 Å². The van der Waals surface area contributed by atoms with E-state index in [9.17, 15) is 4.79 Å². The molecular formula is C25H28N2O3. The fourth-order valence-corrected chi connectivity index (χ4v) is 3.38. The van der Waals surface area contributed by atoms with Gasteiger partial charge < -0.3 is 19.7 Å². The van der Waals surface area contributed by atoms with Crippen molar-refractivity contribution in [1.29, 1.82) is 0 Å². The smallest absolute Gasteiger partial charge is 0.317 e. The molecule has 0 aromatic heterocycles. The van der Waals surface area contributed by atoms with Gasteiger partial charge in [0.15, 0.2) is 0 Å². The number of methoxy groups -OCH3 is 2. The van der Waals surface area contributed by atoms with Gasteiger partial charge in [-0.3, -0.25) is 0 Å². The summed E-state index contributed by atoms with van der Waals surface area (Å²) in [7, 11) is 5.07. The number of carbonyl (C=O) groups is 1. The lowest BCUT2D eigenvalue weighted by Crippen LogP contribution is -2.37. The quantitative estimate of drug-likeness (QED) is 0.589. The highest BCUT2D eigenvalue weighted by atomic mass is 16.5. The molecule has 30 heavy (non-hydrogen) atoms. The van der Waals surface area contributed by atoms with Crippen molar-refractivity contribution in [2.24, 2.45) is 0 Å². The third kappa shape index (κ3) is 5.32. The van der Waals surface area contributed by atoms with Crippen LogP contribution in [0.5, 0.6) is 11.5 Å². The topological polar surface area (TPSA) is 50.8 Å². The van der Waals surface area contributed by atoms with Crippen molar-refractivity contribution in [3.8, 4) is 22.6 Å². The minimum absolute atomic E-state index is 0.106. The Morgan fingerprint density at radius 1 is 0.900 bits per heavy atom. The molecule has 0 saturated carbocycles. The van der Waals surface area contributed by atoms with Crippen LogP contribution in [0.4, 0.5) is 4.79 Å². The van der Waals surface area contributed by atoms with E-state index in [2.05, 4.69) is 29.6 Å². The van der Waals surface area contributed by atoms with Crippen LogP contribution in [0.2, 0.25) is 0 Å². The first-order chi connectivity index (χ1) is 14.6. The largest absolute Gasteiger partial charge is 0.497 e. The van der Waals surface area contributed by atoms with Crippen molar-refractivity contribution >= 4 is 6.03 Å². The minimum atomic E-state index is -0.106. The summed E-state index contributed by atoms with van der Waals surface area (Å²) in [5, 5.41) is 2.99. The van der Waals surface area contributed by atoms with E-state index in [4.69, 9.17) is 9.47 Å². The van der Waals surface area contributed by atoms with E-state index in [0.717, 1.165) is 33.8 Å². The summed E-state index contributed by atoms with van der Waals surface area (Å²) in [4.78, 5) is 14.3. The van der Waals surface area contributed by atoms with Crippen molar-refractivity contribution < 1.29 is 14.3 Å². The van der Waals surface area contributed by atoms with E-state index in [1.165, 1.54) is 0 Å². The fraction of sp³-hybridized carbons (Fsp3) is 0.240. The van der Waals surface area contributed by atoms with E-state index in [0.29, 0.717) is 19.5 Å². The number of nitrogens with one attached hydrogen (secondary N) is 1. The van der Waals surface area contributed by atoms with Crippen LogP contribution in [0.15, 0.2) is 72.8 Å². The summed E-state index contributed by atoms with van der Waals surface area (Å²) in [5.41, 5.74) is 4.42. The lowest BCUT2D eigenvalue weighted by molar-refractivity contribution is 0.207. The van der Waals surface area contributed by atoms with Crippen molar-refractivity contribution in [3.63, 3.8) is 0 Å². The molecule has 0 unspecified atom stereocenters. The first-order valence-corrected chi connectivity index (χ1v) is 9.95. The van der Waals surface area contributed by atoms with Crippen LogP contribution in [-0.4, -0.2) is 38.7 Å². The van der Waals surface area contributed by atoms with E-state index >= 15 is 0 Å². The molecule has 3 rings (SSSR count). The molecule has 3 aromatic carbocycles. The summed E-state index contributed by atoms with van der Waals surface area (Å²) in [6, 6.07) is 24.0. The number of nitrogens with zero attached hydrogens (tertiary/aromatic N) is 1. The van der Waals surface area contributed by atoms with E-state index in [1.54, 1.807) is 19.1 Å². The molecule has 5 nitrogen and oxygen atoms in total. The van der Waals surface area contributed by atoms with Gasteiger partial charge in [0, 0.05) is 26.2 Å². The summed E-state index contributed by atoms with van der Waals surface area (Å²) in [6.45, 7) is 1.05. The molecule has 3 aromatic rings. The number of carbonyl (C=O) groups excluding carboxylic acids is 1. The van der Waals surface area contributed by atoms with E-state index < -0.39 is 0 Å². The number of ether oxygens (including phenoxy) is 2. The van der Waals surface area contributed by atoms with Crippen LogP contribution >= 0.6 is 0 Å². The molecule has 1 N–H and O–H groups in total. The standard InChI is InChI=1S/C25H28N2O3/c1-27(18-21-11-7-8-12-23(21)19-9-5-4-6-10-19)25(28)26-16-15-20-13-14-22(29-2)17-24(20)30-3/h4-14,17H,15-16,18H2,1-3H3,(H,26,28). The van der Waals surface area contributed by atoms with Gasteiger partial charge in [-0.2, -0.15) is 0 Å². The minimum Gasteiger partial charge on any atom is -0.497 e. The highest BCUT2D eigenvalue weighted by Crippen LogP contribution is 2.25. The maximum Gasteiger partial charge on any atom is 0.317 e. The van der Waals surface area contributed by atoms with E-state index in [1.807, 2.05) is 55.6 Å². The molecule has 0 bridgehead atoms. The van der Waals surface area contributed by atoms with Crippen LogP contribution in [0.3, 0.4) is 0 Å². The number of hydrogen-bond donors (Lipinski definition) is 1. The fourth-order valence-electron chi connectivity index (χ4n) is 3.38. The average Bonchev–Trinajstić information content (AvgIpc) is 2.80. The monoisotopic (exact) mass is 404 g/mol. The molecule has 0 spiro atoms. The van der Waals surface area contributed by atoms with Crippen molar-refractivity contribution in [2.45, 2.75) is 13.0 Å². The summed E-state index contributed by atoms with van der Waals surface area (Å²) in [6.07, 6.45) is 0.674. The predicted octanol–water partition coefficient (Wildman–Crippen LogP) is 4.75. The van der Waals surface area contributed by atoms with Gasteiger partial charge in [-0.1, -0.05) is 60.7 Å². The Kier molecular flexibility index (Phi) is 7.33. The molecule has 5 heteroatoms. The Bertz CT molecular complexity index is 973. The third-order valence-electron chi connectivity index (χ3n) is 5.02. The number of hydrogen-bond acceptors (Lipinski definition) is 3. The molecule has 0 aliphatic carbocycles. The van der Waals surface area contributed by atoms with Crippen LogP contribution in [-0.2, 0) is 13.0 Å². The molecule has 0 fully saturated rings. The average molecular weight is 405 g/mol. The maximum atomic E-state index is 12.6. The number of benzene rings is 3. The van der Waals surface area contributed by atoms with Crippen LogP contribution < -0.4 is 14.8 Å². The lowest BCUT2D eigenvalue weighted by atomic mass is 9.99. The van der Waals surface area contributed by atoms with E-state index in [-0.39, 0.29) is 6.03 Å². The Hall–Kier alpha value is -3.47. The molecule has 0 atom stereocenters. The normalized spacial score (nSPS) is 10.4. The SMILES string of the molecule is COc1ccc(CCNC(=O)N(C)Cc2ccccc2-c2ccccc2)c(OC)c1. The zero-order valence-corrected chi connectivity index (χ0v) is 17.7. The molecule has 0 heterocycles. The molecular weight excluding hydrogens is 376 g/mol. The third-order valence-corrected chi connectivity index (χ3v) is 5.02. The Labute approximate surface area is 178 Å². The first kappa shape index (κ1) is 21.2. The number of urea groups is 1. The lowest BCUT2D eigenvalue weighted by Gasteiger charge is -2.20. The Morgan fingerprint density at radius 2 is 1.63 bits per heavy atom. The Morgan fingerprint density at radius 3 is 2.37 bits per heavy atom. The molecule has 2 amide bonds. The van der Waals surface area contributed by atoms with Gasteiger partial charge in [-0.15, -0.1) is 0 Å². The van der Waals surface area contributed by atoms with Gasteiger partial charge in [0.25, 0.3) is 0 Å². The van der Waals surface area contributed by atoms with Gasteiger partial charge in [-0.05, 0) is 34.7 Å². The second-order valence-electron chi connectivity index (χ2n) is 7.04. The first-order valence-electron chi connectivity index (χ1n) is 9.95. The molecule has 0 radical (unpaired) electrons. The maximum absolute atomic E-state index is 12.6. The van der Waals surface area contributed by atoms with Gasteiger partial charge in [-0.25, -0.2) is 4.79 Å². The van der Waals surface area contributed by atoms with Crippen LogP contribution in [0, 0.1) is 0 Å². The van der Waals surface area contributed by atoms with Gasteiger partial charge in [0.2, 0.25) is 0 Å². The molecule has 0 saturated heterocycles. The van der Waals surface area contributed by atoms with Crippen molar-refractivity contribution in [3.05, 3.63) is 83.9 Å². The highest BCUT2D eigenvalue weighted by molar-refractivity contribution is 5.75. The highest BCUT2D eigenvalue weighted by Gasteiger charge is 2.12. The summed E-state index contributed by atoms with van der Waals surface area (Å²) >= 11 is 0. The second kappa shape index (κ2) is 10.3. The predicted molar refractivity (Wildman–Crippen MR) is 120 cm³/mol. The molecule has 0 aliphatic heterocycles. The number of amides is 2.